The van der Waals surface area contributed by atoms with Crippen LogP contribution in [0.2, 0.25) is 0 Å². The predicted molar refractivity (Wildman–Crippen MR) is 78.7 cm³/mol. The van der Waals surface area contributed by atoms with Gasteiger partial charge in [-0.1, -0.05) is 17.7 Å². The van der Waals surface area contributed by atoms with Crippen molar-refractivity contribution in [1.82, 2.24) is 5.32 Å². The van der Waals surface area contributed by atoms with Gasteiger partial charge in [0.15, 0.2) is 0 Å². The molecule has 3 N–H and O–H groups in total. The van der Waals surface area contributed by atoms with E-state index in [-0.39, 0.29) is 24.5 Å². The van der Waals surface area contributed by atoms with E-state index in [4.69, 9.17) is 15.2 Å². The summed E-state index contributed by atoms with van der Waals surface area (Å²) in [5.41, 5.74) is 6.67. The molecule has 2 atom stereocenters. The van der Waals surface area contributed by atoms with Gasteiger partial charge in [-0.15, -0.1) is 0 Å². The van der Waals surface area contributed by atoms with Gasteiger partial charge in [0.1, 0.15) is 12.4 Å². The normalized spacial score (nSPS) is 13.6. The van der Waals surface area contributed by atoms with Crippen LogP contribution in [0, 0.1) is 6.92 Å². The van der Waals surface area contributed by atoms with Crippen LogP contribution >= 0.6 is 0 Å². The second kappa shape index (κ2) is 8.55. The van der Waals surface area contributed by atoms with E-state index in [1.807, 2.05) is 38.1 Å². The average Bonchev–Trinajstić information content (AvgIpc) is 2.44. The van der Waals surface area contributed by atoms with Gasteiger partial charge < -0.3 is 20.5 Å². The molecule has 0 saturated heterocycles. The lowest BCUT2D eigenvalue weighted by Gasteiger charge is -2.17. The van der Waals surface area contributed by atoms with E-state index in [0.717, 1.165) is 5.75 Å². The van der Waals surface area contributed by atoms with E-state index < -0.39 is 0 Å². The van der Waals surface area contributed by atoms with Crippen molar-refractivity contribution in [2.45, 2.75) is 32.4 Å². The van der Waals surface area contributed by atoms with Crippen molar-refractivity contribution in [1.29, 1.82) is 0 Å². The molecular weight excluding hydrogens is 256 g/mol. The Labute approximate surface area is 120 Å². The first kappa shape index (κ1) is 16.5. The monoisotopic (exact) mass is 280 g/mol. The van der Waals surface area contributed by atoms with Crippen molar-refractivity contribution in [2.24, 2.45) is 5.73 Å². The fourth-order valence-electron chi connectivity index (χ4n) is 1.70. The molecule has 0 radical (unpaired) electrons. The highest BCUT2D eigenvalue weighted by Crippen LogP contribution is 2.11. The smallest absolute Gasteiger partial charge is 0.222 e. The molecule has 1 aromatic carbocycles. The number of benzene rings is 1. The molecular formula is C15H24N2O3. The number of nitrogens with two attached hydrogens (primary N) is 1. The number of methoxy groups -OCH3 is 1. The second-order valence-electron chi connectivity index (χ2n) is 4.89. The topological polar surface area (TPSA) is 73.6 Å². The zero-order chi connectivity index (χ0) is 15.0. The average molecular weight is 280 g/mol. The summed E-state index contributed by atoms with van der Waals surface area (Å²) in [4.78, 5) is 11.7. The zero-order valence-corrected chi connectivity index (χ0v) is 12.4. The van der Waals surface area contributed by atoms with E-state index in [1.54, 1.807) is 7.11 Å². The Morgan fingerprint density at radius 3 is 2.55 bits per heavy atom. The van der Waals surface area contributed by atoms with Gasteiger partial charge in [0, 0.05) is 13.7 Å². The Balaban J connectivity index is 2.30. The van der Waals surface area contributed by atoms with Gasteiger partial charge in [-0.2, -0.15) is 0 Å². The van der Waals surface area contributed by atoms with Gasteiger partial charge in [-0.05, 0) is 26.0 Å². The summed E-state index contributed by atoms with van der Waals surface area (Å²) in [6.07, 6.45) is 0.0298. The molecule has 1 amide bonds. The second-order valence-corrected chi connectivity index (χ2v) is 4.89. The molecule has 0 aliphatic heterocycles. The minimum Gasteiger partial charge on any atom is -0.491 e. The van der Waals surface area contributed by atoms with Crippen LogP contribution in [0.5, 0.6) is 5.75 Å². The van der Waals surface area contributed by atoms with Crippen LogP contribution in [0.15, 0.2) is 24.3 Å². The first-order chi connectivity index (χ1) is 9.55. The highest BCUT2D eigenvalue weighted by molar-refractivity contribution is 5.76. The van der Waals surface area contributed by atoms with Crippen molar-refractivity contribution in [3.05, 3.63) is 29.8 Å². The van der Waals surface area contributed by atoms with Gasteiger partial charge in [0.25, 0.3) is 0 Å². The van der Waals surface area contributed by atoms with Crippen LogP contribution < -0.4 is 15.8 Å². The van der Waals surface area contributed by atoms with Crippen LogP contribution in [0.4, 0.5) is 0 Å². The molecule has 0 saturated carbocycles. The number of carbonyl (C=O) groups is 1. The van der Waals surface area contributed by atoms with Crippen molar-refractivity contribution in [3.8, 4) is 5.75 Å². The molecule has 5 heteroatoms. The molecule has 0 aromatic heterocycles. The highest BCUT2D eigenvalue weighted by Gasteiger charge is 2.13. The molecule has 20 heavy (non-hydrogen) atoms. The van der Waals surface area contributed by atoms with Crippen molar-refractivity contribution >= 4 is 5.91 Å². The maximum Gasteiger partial charge on any atom is 0.222 e. The van der Waals surface area contributed by atoms with E-state index in [1.165, 1.54) is 5.56 Å². The van der Waals surface area contributed by atoms with Crippen molar-refractivity contribution in [3.63, 3.8) is 0 Å². The number of ether oxygens (including phenoxy) is 2. The van der Waals surface area contributed by atoms with Gasteiger partial charge in [0.2, 0.25) is 5.91 Å². The molecule has 1 rings (SSSR count). The molecule has 0 bridgehead atoms. The summed E-state index contributed by atoms with van der Waals surface area (Å²) in [7, 11) is 1.55. The highest BCUT2D eigenvalue weighted by atomic mass is 16.5. The summed E-state index contributed by atoms with van der Waals surface area (Å²) >= 11 is 0. The number of nitrogens with one attached hydrogen (secondary N) is 1. The zero-order valence-electron chi connectivity index (χ0n) is 12.4. The van der Waals surface area contributed by atoms with Crippen LogP contribution in [0.3, 0.4) is 0 Å². The molecule has 0 spiro atoms. The van der Waals surface area contributed by atoms with Gasteiger partial charge in [0.05, 0.1) is 18.6 Å². The summed E-state index contributed by atoms with van der Waals surface area (Å²) in [6, 6.07) is 7.74. The van der Waals surface area contributed by atoms with Gasteiger partial charge in [-0.25, -0.2) is 0 Å². The van der Waals surface area contributed by atoms with E-state index in [0.29, 0.717) is 13.2 Å². The Kier molecular flexibility index (Phi) is 7.04. The van der Waals surface area contributed by atoms with Crippen molar-refractivity contribution < 1.29 is 14.3 Å². The van der Waals surface area contributed by atoms with Crippen LogP contribution in [-0.4, -0.2) is 38.3 Å². The Morgan fingerprint density at radius 2 is 2.00 bits per heavy atom. The minimum absolute atomic E-state index is 0.0703. The number of rotatable bonds is 8. The summed E-state index contributed by atoms with van der Waals surface area (Å²) in [6.45, 7) is 4.68. The van der Waals surface area contributed by atoms with Crippen LogP contribution in [0.1, 0.15) is 18.9 Å². The Morgan fingerprint density at radius 1 is 1.35 bits per heavy atom. The molecule has 0 aliphatic rings. The number of hydrogen-bond acceptors (Lipinski definition) is 4. The Hall–Kier alpha value is -1.59. The van der Waals surface area contributed by atoms with Crippen LogP contribution in [0.25, 0.3) is 0 Å². The lowest BCUT2D eigenvalue weighted by molar-refractivity contribution is -0.124. The number of hydrogen-bond donors (Lipinski definition) is 2. The van der Waals surface area contributed by atoms with E-state index in [9.17, 15) is 4.79 Å². The first-order valence-corrected chi connectivity index (χ1v) is 6.76. The SMILES string of the molecule is COC(CN)CC(=O)NC(C)COc1ccc(C)cc1. The minimum atomic E-state index is -0.236. The molecule has 2 unspecified atom stereocenters. The van der Waals surface area contributed by atoms with Gasteiger partial charge in [-0.3, -0.25) is 4.79 Å². The maximum atomic E-state index is 11.7. The number of aryl methyl sites for hydroxylation is 1. The lowest BCUT2D eigenvalue weighted by Crippen LogP contribution is -2.39. The molecule has 5 nitrogen and oxygen atoms in total. The summed E-state index contributed by atoms with van der Waals surface area (Å²) in [5.74, 6) is 0.718. The molecule has 0 aliphatic carbocycles. The third kappa shape index (κ3) is 6.04. The van der Waals surface area contributed by atoms with Crippen molar-refractivity contribution in [2.75, 3.05) is 20.3 Å². The van der Waals surface area contributed by atoms with Crippen LogP contribution in [-0.2, 0) is 9.53 Å². The standard InChI is InChI=1S/C15H24N2O3/c1-11-4-6-13(7-5-11)20-10-12(2)17-15(18)8-14(9-16)19-3/h4-7,12,14H,8-10,16H2,1-3H3,(H,17,18). The fraction of sp³-hybridized carbons (Fsp3) is 0.533. The molecule has 112 valence electrons. The third-order valence-corrected chi connectivity index (χ3v) is 2.94. The van der Waals surface area contributed by atoms with Gasteiger partial charge >= 0.3 is 0 Å². The van der Waals surface area contributed by atoms with E-state index >= 15 is 0 Å². The number of amides is 1. The fourth-order valence-corrected chi connectivity index (χ4v) is 1.70. The molecule has 0 fully saturated rings. The largest absolute Gasteiger partial charge is 0.491 e. The third-order valence-electron chi connectivity index (χ3n) is 2.94. The lowest BCUT2D eigenvalue weighted by atomic mass is 10.2. The van der Waals surface area contributed by atoms with E-state index in [2.05, 4.69) is 5.32 Å². The Bertz CT molecular complexity index is 402. The molecule has 1 aromatic rings. The number of carbonyl (C=O) groups excluding carboxylic acids is 1. The predicted octanol–water partition coefficient (Wildman–Crippen LogP) is 1.24. The quantitative estimate of drug-likeness (QED) is 0.751. The summed E-state index contributed by atoms with van der Waals surface area (Å²) in [5, 5.41) is 2.86. The molecule has 0 heterocycles. The first-order valence-electron chi connectivity index (χ1n) is 6.76. The maximum absolute atomic E-state index is 11.7. The summed E-state index contributed by atoms with van der Waals surface area (Å²) < 4.78 is 10.7.